The van der Waals surface area contributed by atoms with Crippen LogP contribution in [0.15, 0.2) is 12.1 Å². The number of aryl methyl sites for hydroxylation is 1. The molecular formula is C29H39BrN4O4. The minimum Gasteiger partial charge on any atom is -0.507 e. The number of pyridine rings is 1. The molecule has 0 spiro atoms. The Bertz CT molecular complexity index is 1270. The highest BCUT2D eigenvalue weighted by molar-refractivity contribution is 8.93. The molecule has 3 heterocycles. The number of benzene rings is 1. The number of phenols is 1. The minimum atomic E-state index is -0.397. The number of piperidine rings is 1. The molecule has 2 aliphatic rings. The van der Waals surface area contributed by atoms with Crippen molar-refractivity contribution in [1.82, 2.24) is 14.8 Å². The van der Waals surface area contributed by atoms with Gasteiger partial charge < -0.3 is 19.6 Å². The van der Waals surface area contributed by atoms with Crippen LogP contribution in [-0.2, 0) is 23.3 Å². The lowest BCUT2D eigenvalue weighted by atomic mass is 9.83. The number of phenolic OH excluding ortho intramolecular Hbond substituents is 1. The van der Waals surface area contributed by atoms with Crippen LogP contribution in [-0.4, -0.2) is 57.1 Å². The van der Waals surface area contributed by atoms with Crippen molar-refractivity contribution < 1.29 is 19.4 Å². The van der Waals surface area contributed by atoms with Gasteiger partial charge in [-0.1, -0.05) is 20.8 Å². The fourth-order valence-corrected chi connectivity index (χ4v) is 5.22. The highest BCUT2D eigenvalue weighted by Gasteiger charge is 2.32. The van der Waals surface area contributed by atoms with Crippen molar-refractivity contribution >= 4 is 34.5 Å². The lowest BCUT2D eigenvalue weighted by Gasteiger charge is -2.29. The first kappa shape index (κ1) is 29.6. The number of hydrogen-bond acceptors (Lipinski definition) is 6. The van der Waals surface area contributed by atoms with E-state index in [1.54, 1.807) is 21.9 Å². The summed E-state index contributed by atoms with van der Waals surface area (Å²) in [7, 11) is 0. The second-order valence-electron chi connectivity index (χ2n) is 11.1. The number of hydrogen-bond donors (Lipinski definition) is 2. The molecule has 2 aliphatic heterocycles. The maximum atomic E-state index is 13.6. The van der Waals surface area contributed by atoms with Gasteiger partial charge in [-0.05, 0) is 51.2 Å². The summed E-state index contributed by atoms with van der Waals surface area (Å²) in [5.41, 5.74) is 4.54. The third kappa shape index (κ3) is 5.72. The van der Waals surface area contributed by atoms with Crippen LogP contribution in [0.5, 0.6) is 11.5 Å². The second-order valence-corrected chi connectivity index (χ2v) is 11.1. The number of Topliss-reactive ketones (excluding diaryl/α,β-unsaturated/α-hetero) is 1. The van der Waals surface area contributed by atoms with Gasteiger partial charge in [0.1, 0.15) is 23.0 Å². The Labute approximate surface area is 235 Å². The van der Waals surface area contributed by atoms with Gasteiger partial charge in [0.2, 0.25) is 5.91 Å². The average Bonchev–Trinajstić information content (AvgIpc) is 3.13. The van der Waals surface area contributed by atoms with E-state index >= 15 is 0 Å². The Kier molecular flexibility index (Phi) is 8.91. The third-order valence-electron chi connectivity index (χ3n) is 7.30. The predicted molar refractivity (Wildman–Crippen MR) is 153 cm³/mol. The molecule has 4 rings (SSSR count). The normalized spacial score (nSPS) is 15.4. The van der Waals surface area contributed by atoms with Crippen molar-refractivity contribution in [3.8, 4) is 11.5 Å². The number of aromatic nitrogens is 1. The first-order valence-corrected chi connectivity index (χ1v) is 13.1. The molecule has 206 valence electrons. The number of amidine groups is 1. The molecule has 0 aliphatic carbocycles. The summed E-state index contributed by atoms with van der Waals surface area (Å²) in [6.07, 6.45) is 2.34. The van der Waals surface area contributed by atoms with Crippen LogP contribution >= 0.6 is 17.0 Å². The number of ether oxygens (including phenoxy) is 1. The molecule has 1 aromatic carbocycles. The first-order chi connectivity index (χ1) is 17.4. The van der Waals surface area contributed by atoms with Crippen molar-refractivity contribution in [2.45, 2.75) is 79.3 Å². The number of amides is 1. The van der Waals surface area contributed by atoms with Gasteiger partial charge in [-0.2, -0.15) is 0 Å². The number of nitrogens with zero attached hydrogens (tertiary/aromatic N) is 3. The zero-order valence-electron chi connectivity index (χ0n) is 23.2. The molecule has 0 saturated carbocycles. The maximum absolute atomic E-state index is 13.6. The van der Waals surface area contributed by atoms with Crippen molar-refractivity contribution in [2.75, 3.05) is 19.7 Å². The van der Waals surface area contributed by atoms with Gasteiger partial charge in [-0.15, -0.1) is 17.0 Å². The zero-order chi connectivity index (χ0) is 27.1. The Morgan fingerprint density at radius 1 is 1.18 bits per heavy atom. The number of rotatable bonds is 7. The Balaban J connectivity index is 0.00000400. The molecule has 8 nitrogen and oxygen atoms in total. The van der Waals surface area contributed by atoms with Gasteiger partial charge in [0.15, 0.2) is 5.78 Å². The van der Waals surface area contributed by atoms with E-state index in [0.29, 0.717) is 48.5 Å². The summed E-state index contributed by atoms with van der Waals surface area (Å²) in [4.78, 5) is 34.1. The van der Waals surface area contributed by atoms with Crippen molar-refractivity contribution in [2.24, 2.45) is 0 Å². The van der Waals surface area contributed by atoms with E-state index < -0.39 is 5.41 Å². The fourth-order valence-electron chi connectivity index (χ4n) is 5.22. The van der Waals surface area contributed by atoms with Gasteiger partial charge in [0, 0.05) is 53.9 Å². The van der Waals surface area contributed by atoms with Crippen molar-refractivity contribution in [3.05, 3.63) is 51.3 Å². The standard InChI is InChI=1S/C29H38N4O4.BrH/c1-7-37-27-17(2)21-15-33(28(30)25(21)31-18(27)3)16-23(34)19-12-20(14-32-11-9-8-10-24(32)35)26(36)22(13-19)29(4,5)6;/h12-13,30,36H,7-11,14-16H2,1-6H3;1H. The van der Waals surface area contributed by atoms with Crippen LogP contribution in [0.1, 0.15) is 91.0 Å². The van der Waals surface area contributed by atoms with Crippen LogP contribution in [0.3, 0.4) is 0 Å². The number of carbonyl (C=O) groups is 2. The van der Waals surface area contributed by atoms with Crippen molar-refractivity contribution in [3.63, 3.8) is 0 Å². The van der Waals surface area contributed by atoms with Gasteiger partial charge in [-0.25, -0.2) is 4.98 Å². The SMILES string of the molecule is Br.CCOc1c(C)nc2c(c1C)CN(CC(=O)c1cc(CN3CCCCC3=O)c(O)c(C(C)(C)C)c1)C2=N. The summed E-state index contributed by atoms with van der Waals surface area (Å²) < 4.78 is 5.78. The molecule has 2 aromatic rings. The largest absolute Gasteiger partial charge is 0.507 e. The summed E-state index contributed by atoms with van der Waals surface area (Å²) >= 11 is 0. The first-order valence-electron chi connectivity index (χ1n) is 13.1. The number of halogens is 1. The number of nitrogens with one attached hydrogen (secondary N) is 1. The minimum absolute atomic E-state index is 0. The molecule has 1 fully saturated rings. The molecule has 2 N–H and O–H groups in total. The van der Waals surface area contributed by atoms with Gasteiger partial charge in [0.05, 0.1) is 18.8 Å². The van der Waals surface area contributed by atoms with Gasteiger partial charge in [-0.3, -0.25) is 15.0 Å². The molecule has 0 unspecified atom stereocenters. The fraction of sp³-hybridized carbons (Fsp3) is 0.517. The summed E-state index contributed by atoms with van der Waals surface area (Å²) in [5.74, 6) is 1.04. The Morgan fingerprint density at radius 3 is 2.53 bits per heavy atom. The molecule has 0 radical (unpaired) electrons. The van der Waals surface area contributed by atoms with Crippen LogP contribution in [0.2, 0.25) is 0 Å². The van der Waals surface area contributed by atoms with E-state index in [1.807, 2.05) is 41.5 Å². The zero-order valence-corrected chi connectivity index (χ0v) is 24.9. The topological polar surface area (TPSA) is 107 Å². The quantitative estimate of drug-likeness (QED) is 0.431. The van der Waals surface area contributed by atoms with Crippen LogP contribution in [0.4, 0.5) is 0 Å². The number of ketones is 1. The van der Waals surface area contributed by atoms with Crippen LogP contribution in [0.25, 0.3) is 0 Å². The second kappa shape index (κ2) is 11.4. The molecule has 0 atom stereocenters. The molecule has 1 saturated heterocycles. The van der Waals surface area contributed by atoms with Crippen LogP contribution in [0, 0.1) is 19.3 Å². The molecule has 0 bridgehead atoms. The lowest BCUT2D eigenvalue weighted by Crippen LogP contribution is -2.35. The Morgan fingerprint density at radius 2 is 1.89 bits per heavy atom. The summed E-state index contributed by atoms with van der Waals surface area (Å²) in [6.45, 7) is 13.7. The number of carbonyl (C=O) groups excluding carboxylic acids is 2. The molecular weight excluding hydrogens is 548 g/mol. The number of likely N-dealkylation sites (tertiary alicyclic amines) is 1. The van der Waals surface area contributed by atoms with E-state index in [-0.39, 0.29) is 53.3 Å². The van der Waals surface area contributed by atoms with Crippen LogP contribution < -0.4 is 4.74 Å². The maximum Gasteiger partial charge on any atom is 0.222 e. The van der Waals surface area contributed by atoms with Crippen molar-refractivity contribution in [1.29, 1.82) is 5.41 Å². The molecule has 1 aromatic heterocycles. The number of aromatic hydroxyl groups is 1. The third-order valence-corrected chi connectivity index (χ3v) is 7.30. The summed E-state index contributed by atoms with van der Waals surface area (Å²) in [5, 5.41) is 19.8. The number of fused-ring (bicyclic) bond motifs is 1. The van der Waals surface area contributed by atoms with E-state index in [9.17, 15) is 14.7 Å². The monoisotopic (exact) mass is 586 g/mol. The lowest BCUT2D eigenvalue weighted by molar-refractivity contribution is -0.133. The highest BCUT2D eigenvalue weighted by Crippen LogP contribution is 2.36. The molecule has 38 heavy (non-hydrogen) atoms. The van der Waals surface area contributed by atoms with E-state index in [0.717, 1.165) is 35.4 Å². The van der Waals surface area contributed by atoms with E-state index in [4.69, 9.17) is 10.1 Å². The molecule has 9 heteroatoms. The van der Waals surface area contributed by atoms with Gasteiger partial charge in [0.25, 0.3) is 0 Å². The predicted octanol–water partition coefficient (Wildman–Crippen LogP) is 5.21. The average molecular weight is 588 g/mol. The Hall–Kier alpha value is -2.94. The summed E-state index contributed by atoms with van der Waals surface area (Å²) in [6, 6.07) is 3.47. The van der Waals surface area contributed by atoms with E-state index in [1.165, 1.54) is 0 Å². The smallest absolute Gasteiger partial charge is 0.222 e. The van der Waals surface area contributed by atoms with Gasteiger partial charge >= 0.3 is 0 Å². The van der Waals surface area contributed by atoms with E-state index in [2.05, 4.69) is 4.98 Å². The molecule has 1 amide bonds. The highest BCUT2D eigenvalue weighted by atomic mass is 79.9.